The quantitative estimate of drug-likeness (QED) is 0.502. The molecular formula is C25H27. The molecule has 1 saturated carbocycles. The molecule has 0 aromatic heterocycles. The lowest BCUT2D eigenvalue weighted by molar-refractivity contribution is 0.355. The molecule has 0 heterocycles. The van der Waals surface area contributed by atoms with Crippen molar-refractivity contribution >= 4 is 10.8 Å². The highest BCUT2D eigenvalue weighted by atomic mass is 14.2. The minimum atomic E-state index is 0.870. The van der Waals surface area contributed by atoms with E-state index in [-0.39, 0.29) is 0 Å². The molecule has 1 aliphatic carbocycles. The van der Waals surface area contributed by atoms with Gasteiger partial charge in [0.1, 0.15) is 0 Å². The molecule has 0 amide bonds. The molecule has 0 atom stereocenters. The van der Waals surface area contributed by atoms with Gasteiger partial charge in [-0.3, -0.25) is 0 Å². The minimum absolute atomic E-state index is 0.870. The zero-order chi connectivity index (χ0) is 17.1. The van der Waals surface area contributed by atoms with Crippen LogP contribution in [0, 0.1) is 18.9 Å². The number of aryl methyl sites for hydroxylation is 1. The summed E-state index contributed by atoms with van der Waals surface area (Å²) in [6.45, 7) is 2.24. The molecule has 3 aromatic carbocycles. The first kappa shape index (κ1) is 16.4. The van der Waals surface area contributed by atoms with Gasteiger partial charge in [0.15, 0.2) is 0 Å². The van der Waals surface area contributed by atoms with Gasteiger partial charge in [0, 0.05) is 0 Å². The molecule has 127 valence electrons. The molecule has 1 aliphatic rings. The highest BCUT2D eigenvalue weighted by molar-refractivity contribution is 5.86. The summed E-state index contributed by atoms with van der Waals surface area (Å²) in [5.41, 5.74) is 5.84. The highest BCUT2D eigenvalue weighted by Crippen LogP contribution is 2.30. The molecule has 4 rings (SSSR count). The van der Waals surface area contributed by atoms with Crippen LogP contribution >= 0.6 is 0 Å². The van der Waals surface area contributed by atoms with Crippen LogP contribution in [0.1, 0.15) is 54.4 Å². The van der Waals surface area contributed by atoms with E-state index in [1.807, 2.05) is 0 Å². The predicted molar refractivity (Wildman–Crippen MR) is 107 cm³/mol. The Bertz CT molecular complexity index is 848. The summed E-state index contributed by atoms with van der Waals surface area (Å²) in [5, 5.41) is 2.73. The van der Waals surface area contributed by atoms with Gasteiger partial charge in [-0.25, -0.2) is 0 Å². The molecule has 1 radical (unpaired) electrons. The third-order valence-corrected chi connectivity index (χ3v) is 5.90. The van der Waals surface area contributed by atoms with E-state index in [1.54, 1.807) is 5.56 Å². The maximum absolute atomic E-state index is 3.45. The van der Waals surface area contributed by atoms with E-state index in [0.717, 1.165) is 12.3 Å². The van der Waals surface area contributed by atoms with Crippen molar-refractivity contribution in [1.82, 2.24) is 0 Å². The van der Waals surface area contributed by atoms with Gasteiger partial charge in [0.25, 0.3) is 0 Å². The highest BCUT2D eigenvalue weighted by Gasteiger charge is 2.17. The van der Waals surface area contributed by atoms with Gasteiger partial charge in [0.2, 0.25) is 0 Å². The van der Waals surface area contributed by atoms with Crippen molar-refractivity contribution in [2.24, 2.45) is 5.92 Å². The van der Waals surface area contributed by atoms with Crippen LogP contribution < -0.4 is 0 Å². The SMILES string of the molecule is Cc1[c]ccc(Cc2cccc3ccccc23)c1CC1CCCCC1. The Labute approximate surface area is 151 Å². The number of fused-ring (bicyclic) bond motifs is 1. The number of rotatable bonds is 4. The van der Waals surface area contributed by atoms with Crippen molar-refractivity contribution in [2.45, 2.75) is 51.9 Å². The Morgan fingerprint density at radius 3 is 2.56 bits per heavy atom. The van der Waals surface area contributed by atoms with Crippen molar-refractivity contribution in [3.8, 4) is 0 Å². The fourth-order valence-corrected chi connectivity index (χ4v) is 4.48. The zero-order valence-corrected chi connectivity index (χ0v) is 15.2. The number of hydrogen-bond acceptors (Lipinski definition) is 0. The Morgan fingerprint density at radius 2 is 1.68 bits per heavy atom. The van der Waals surface area contributed by atoms with Gasteiger partial charge in [0.05, 0.1) is 0 Å². The first-order chi connectivity index (χ1) is 12.3. The average molecular weight is 327 g/mol. The molecule has 1 fully saturated rings. The van der Waals surface area contributed by atoms with Crippen LogP contribution in [0.5, 0.6) is 0 Å². The van der Waals surface area contributed by atoms with Crippen LogP contribution in [-0.4, -0.2) is 0 Å². The fourth-order valence-electron chi connectivity index (χ4n) is 4.48. The van der Waals surface area contributed by atoms with Crippen molar-refractivity contribution in [3.05, 3.63) is 82.9 Å². The van der Waals surface area contributed by atoms with E-state index < -0.39 is 0 Å². The second kappa shape index (κ2) is 7.44. The summed E-state index contributed by atoms with van der Waals surface area (Å²) in [4.78, 5) is 0. The van der Waals surface area contributed by atoms with Crippen LogP contribution in [0.15, 0.2) is 54.6 Å². The molecule has 0 N–H and O–H groups in total. The van der Waals surface area contributed by atoms with Crippen LogP contribution in [0.25, 0.3) is 10.8 Å². The van der Waals surface area contributed by atoms with E-state index >= 15 is 0 Å². The monoisotopic (exact) mass is 327 g/mol. The first-order valence-electron chi connectivity index (χ1n) is 9.77. The lowest BCUT2D eigenvalue weighted by atomic mass is 9.82. The summed E-state index contributed by atoms with van der Waals surface area (Å²) in [7, 11) is 0. The summed E-state index contributed by atoms with van der Waals surface area (Å²) >= 11 is 0. The average Bonchev–Trinajstić information content (AvgIpc) is 2.66. The number of benzene rings is 3. The Kier molecular flexibility index (Phi) is 4.88. The largest absolute Gasteiger partial charge is 0.0616 e. The van der Waals surface area contributed by atoms with Crippen LogP contribution in [0.4, 0.5) is 0 Å². The lowest BCUT2D eigenvalue weighted by Gasteiger charge is -2.24. The van der Waals surface area contributed by atoms with E-state index in [2.05, 4.69) is 67.6 Å². The molecule has 0 saturated heterocycles. The van der Waals surface area contributed by atoms with Crippen molar-refractivity contribution < 1.29 is 0 Å². The van der Waals surface area contributed by atoms with Gasteiger partial charge in [-0.15, -0.1) is 0 Å². The van der Waals surface area contributed by atoms with Crippen LogP contribution in [0.2, 0.25) is 0 Å². The predicted octanol–water partition coefficient (Wildman–Crippen LogP) is 6.66. The van der Waals surface area contributed by atoms with Gasteiger partial charge < -0.3 is 0 Å². The van der Waals surface area contributed by atoms with Crippen molar-refractivity contribution in [1.29, 1.82) is 0 Å². The number of hydrogen-bond donors (Lipinski definition) is 0. The molecule has 0 bridgehead atoms. The third kappa shape index (κ3) is 3.63. The standard InChI is InChI=1S/C25H27/c1-19-9-7-14-23(25(19)17-20-10-3-2-4-11-20)18-22-15-8-13-21-12-5-6-16-24(21)22/h5-8,12-16,20H,2-4,10-11,17-18H2,1H3. The maximum atomic E-state index is 3.45. The summed E-state index contributed by atoms with van der Waals surface area (Å²) in [6.07, 6.45) is 9.34. The lowest BCUT2D eigenvalue weighted by Crippen LogP contribution is -2.12. The summed E-state index contributed by atoms with van der Waals surface area (Å²) < 4.78 is 0. The molecule has 25 heavy (non-hydrogen) atoms. The second-order valence-corrected chi connectivity index (χ2v) is 7.63. The Morgan fingerprint density at radius 1 is 0.880 bits per heavy atom. The molecule has 0 heteroatoms. The summed E-state index contributed by atoms with van der Waals surface area (Å²) in [5.74, 6) is 0.870. The second-order valence-electron chi connectivity index (χ2n) is 7.63. The van der Waals surface area contributed by atoms with Gasteiger partial charge in [-0.2, -0.15) is 0 Å². The zero-order valence-electron chi connectivity index (χ0n) is 15.2. The van der Waals surface area contributed by atoms with Crippen molar-refractivity contribution in [2.75, 3.05) is 0 Å². The molecule has 0 nitrogen and oxygen atoms in total. The Hall–Kier alpha value is -2.08. The van der Waals surface area contributed by atoms with Crippen LogP contribution in [-0.2, 0) is 12.8 Å². The summed E-state index contributed by atoms with van der Waals surface area (Å²) in [6, 6.07) is 23.3. The van der Waals surface area contributed by atoms with Crippen molar-refractivity contribution in [3.63, 3.8) is 0 Å². The maximum Gasteiger partial charge on any atom is -0.00168 e. The van der Waals surface area contributed by atoms with Crippen LogP contribution in [0.3, 0.4) is 0 Å². The van der Waals surface area contributed by atoms with Gasteiger partial charge in [-0.1, -0.05) is 86.7 Å². The normalized spacial score (nSPS) is 15.6. The van der Waals surface area contributed by atoms with Gasteiger partial charge >= 0.3 is 0 Å². The minimum Gasteiger partial charge on any atom is -0.0616 e. The first-order valence-corrected chi connectivity index (χ1v) is 9.77. The van der Waals surface area contributed by atoms with Gasteiger partial charge in [-0.05, 0) is 64.8 Å². The van der Waals surface area contributed by atoms with E-state index in [4.69, 9.17) is 0 Å². The molecular weight excluding hydrogens is 300 g/mol. The fraction of sp³-hybridized carbons (Fsp3) is 0.360. The molecule has 0 spiro atoms. The molecule has 0 aliphatic heterocycles. The smallest absolute Gasteiger partial charge is 0.00168 e. The molecule has 3 aromatic rings. The van der Waals surface area contributed by atoms with E-state index in [1.165, 1.54) is 66.0 Å². The molecule has 0 unspecified atom stereocenters. The van der Waals surface area contributed by atoms with E-state index in [9.17, 15) is 0 Å². The third-order valence-electron chi connectivity index (χ3n) is 5.90. The van der Waals surface area contributed by atoms with E-state index in [0.29, 0.717) is 0 Å². The Balaban J connectivity index is 1.66. The topological polar surface area (TPSA) is 0 Å².